The Morgan fingerprint density at radius 2 is 1.93 bits per heavy atom. The number of amides is 2. The molecular formula is C18H14BrCl2N3O2S. The van der Waals surface area contributed by atoms with E-state index in [0.717, 1.165) is 4.47 Å². The summed E-state index contributed by atoms with van der Waals surface area (Å²) in [5.41, 5.74) is 1.22. The first-order valence-electron chi connectivity index (χ1n) is 7.87. The van der Waals surface area contributed by atoms with E-state index in [1.54, 1.807) is 37.4 Å². The van der Waals surface area contributed by atoms with Crippen LogP contribution in [0.4, 0.5) is 11.4 Å². The smallest absolute Gasteiger partial charge is 0.238 e. The molecule has 9 heteroatoms. The third-order valence-electron chi connectivity index (χ3n) is 3.80. The Morgan fingerprint density at radius 3 is 2.59 bits per heavy atom. The standard InChI is InChI=1S/C18H14BrCl2N3O2S/c1-24-16(25)9-15(17(26)22-11-4-2-10(19)3-5-11)27-18(24)23-12-6-7-13(20)14(21)8-12/h2-8,15H,9H2,1H3,(H,22,26). The number of nitrogens with zero attached hydrogens (tertiary/aromatic N) is 2. The number of rotatable bonds is 3. The van der Waals surface area contributed by atoms with Crippen LogP contribution in [0, 0.1) is 0 Å². The lowest BCUT2D eigenvalue weighted by Gasteiger charge is -2.28. The van der Waals surface area contributed by atoms with Crippen molar-refractivity contribution in [1.82, 2.24) is 4.90 Å². The molecule has 0 aromatic heterocycles. The molecule has 0 bridgehead atoms. The van der Waals surface area contributed by atoms with E-state index in [9.17, 15) is 9.59 Å². The summed E-state index contributed by atoms with van der Waals surface area (Å²) in [7, 11) is 1.63. The molecule has 0 aliphatic carbocycles. The van der Waals surface area contributed by atoms with Crippen LogP contribution in [0.25, 0.3) is 0 Å². The van der Waals surface area contributed by atoms with Crippen molar-refractivity contribution in [2.45, 2.75) is 11.7 Å². The summed E-state index contributed by atoms with van der Waals surface area (Å²) in [5.74, 6) is -0.422. The van der Waals surface area contributed by atoms with Crippen molar-refractivity contribution >= 4 is 79.3 Å². The van der Waals surface area contributed by atoms with Gasteiger partial charge in [-0.25, -0.2) is 4.99 Å². The first-order chi connectivity index (χ1) is 12.8. The molecule has 1 aliphatic rings. The number of amidine groups is 1. The minimum absolute atomic E-state index is 0.101. The van der Waals surface area contributed by atoms with Crippen molar-refractivity contribution < 1.29 is 9.59 Å². The van der Waals surface area contributed by atoms with Gasteiger partial charge in [-0.3, -0.25) is 14.5 Å². The number of hydrogen-bond acceptors (Lipinski definition) is 4. The maximum atomic E-state index is 12.6. The van der Waals surface area contributed by atoms with E-state index in [2.05, 4.69) is 26.2 Å². The molecule has 0 radical (unpaired) electrons. The molecule has 1 fully saturated rings. The SMILES string of the molecule is CN1C(=O)CC(C(=O)Nc2ccc(Br)cc2)SC1=Nc1ccc(Cl)c(Cl)c1. The molecule has 140 valence electrons. The lowest BCUT2D eigenvalue weighted by Crippen LogP contribution is -2.43. The zero-order valence-corrected chi connectivity index (χ0v) is 18.0. The van der Waals surface area contributed by atoms with Crippen molar-refractivity contribution in [2.75, 3.05) is 12.4 Å². The topological polar surface area (TPSA) is 61.8 Å². The number of halogens is 3. The Bertz CT molecular complexity index is 921. The van der Waals surface area contributed by atoms with Crippen molar-refractivity contribution in [3.05, 3.63) is 57.0 Å². The van der Waals surface area contributed by atoms with Crippen LogP contribution in [-0.4, -0.2) is 34.2 Å². The Balaban J connectivity index is 1.78. The number of anilines is 1. The van der Waals surface area contributed by atoms with E-state index in [4.69, 9.17) is 23.2 Å². The molecule has 3 rings (SSSR count). The fraction of sp³-hybridized carbons (Fsp3) is 0.167. The predicted octanol–water partition coefficient (Wildman–Crippen LogP) is 5.35. The Hall–Kier alpha value is -1.54. The quantitative estimate of drug-likeness (QED) is 0.636. The van der Waals surface area contributed by atoms with Gasteiger partial charge >= 0.3 is 0 Å². The summed E-state index contributed by atoms with van der Waals surface area (Å²) >= 11 is 16.5. The number of hydrogen-bond donors (Lipinski definition) is 1. The second-order valence-electron chi connectivity index (χ2n) is 5.75. The third-order valence-corrected chi connectivity index (χ3v) is 6.31. The molecule has 1 atom stereocenters. The van der Waals surface area contributed by atoms with Gasteiger partial charge in [-0.1, -0.05) is 50.9 Å². The van der Waals surface area contributed by atoms with Gasteiger partial charge in [0.05, 0.1) is 15.7 Å². The van der Waals surface area contributed by atoms with Gasteiger partial charge in [-0.2, -0.15) is 0 Å². The molecule has 27 heavy (non-hydrogen) atoms. The number of carbonyl (C=O) groups is 2. The van der Waals surface area contributed by atoms with E-state index >= 15 is 0 Å². The van der Waals surface area contributed by atoms with Gasteiger partial charge in [0.25, 0.3) is 0 Å². The lowest BCUT2D eigenvalue weighted by atomic mass is 10.2. The molecule has 1 saturated heterocycles. The summed E-state index contributed by atoms with van der Waals surface area (Å²) < 4.78 is 0.917. The van der Waals surface area contributed by atoms with E-state index in [1.807, 2.05) is 12.1 Å². The van der Waals surface area contributed by atoms with Crippen LogP contribution < -0.4 is 5.32 Å². The van der Waals surface area contributed by atoms with Crippen LogP contribution >= 0.6 is 50.9 Å². The molecule has 1 aliphatic heterocycles. The zero-order chi connectivity index (χ0) is 19.6. The van der Waals surface area contributed by atoms with Crippen LogP contribution in [-0.2, 0) is 9.59 Å². The molecular weight excluding hydrogens is 473 g/mol. The van der Waals surface area contributed by atoms with E-state index in [0.29, 0.717) is 26.6 Å². The normalized spacial score (nSPS) is 18.7. The van der Waals surface area contributed by atoms with Gasteiger partial charge in [-0.05, 0) is 42.5 Å². The summed E-state index contributed by atoms with van der Waals surface area (Å²) in [4.78, 5) is 30.8. The molecule has 1 N–H and O–H groups in total. The van der Waals surface area contributed by atoms with Gasteiger partial charge < -0.3 is 5.32 Å². The second-order valence-corrected chi connectivity index (χ2v) is 8.65. The molecule has 2 aromatic carbocycles. The average molecular weight is 487 g/mol. The number of benzene rings is 2. The first-order valence-corrected chi connectivity index (χ1v) is 10.3. The molecule has 2 amide bonds. The highest BCUT2D eigenvalue weighted by Gasteiger charge is 2.34. The Labute approximate surface area is 179 Å². The molecule has 5 nitrogen and oxygen atoms in total. The van der Waals surface area contributed by atoms with Crippen molar-refractivity contribution in [2.24, 2.45) is 4.99 Å². The fourth-order valence-corrected chi connectivity index (χ4v) is 3.94. The van der Waals surface area contributed by atoms with Crippen molar-refractivity contribution in [1.29, 1.82) is 0 Å². The maximum absolute atomic E-state index is 12.6. The van der Waals surface area contributed by atoms with Gasteiger partial charge in [-0.15, -0.1) is 0 Å². The number of aliphatic imine (C=N–C) groups is 1. The van der Waals surface area contributed by atoms with Crippen LogP contribution in [0.3, 0.4) is 0 Å². The maximum Gasteiger partial charge on any atom is 0.238 e. The summed E-state index contributed by atoms with van der Waals surface area (Å²) in [6.45, 7) is 0. The molecule has 0 spiro atoms. The zero-order valence-electron chi connectivity index (χ0n) is 14.1. The average Bonchev–Trinajstić information content (AvgIpc) is 2.63. The summed E-state index contributed by atoms with van der Waals surface area (Å²) in [5, 5.41) is 3.49. The monoisotopic (exact) mass is 485 g/mol. The highest BCUT2D eigenvalue weighted by molar-refractivity contribution is 9.10. The lowest BCUT2D eigenvalue weighted by molar-refractivity contribution is -0.128. The number of nitrogens with one attached hydrogen (secondary N) is 1. The largest absolute Gasteiger partial charge is 0.325 e. The van der Waals surface area contributed by atoms with Crippen LogP contribution in [0.15, 0.2) is 51.9 Å². The summed E-state index contributed by atoms with van der Waals surface area (Å²) in [6.07, 6.45) is 0.101. The third kappa shape index (κ3) is 5.04. The second kappa shape index (κ2) is 8.65. The van der Waals surface area contributed by atoms with Crippen LogP contribution in [0.5, 0.6) is 0 Å². The highest BCUT2D eigenvalue weighted by Crippen LogP contribution is 2.31. The van der Waals surface area contributed by atoms with Crippen LogP contribution in [0.2, 0.25) is 10.0 Å². The summed E-state index contributed by atoms with van der Waals surface area (Å²) in [6, 6.07) is 12.2. The van der Waals surface area contributed by atoms with Crippen molar-refractivity contribution in [3.63, 3.8) is 0 Å². The molecule has 0 saturated carbocycles. The van der Waals surface area contributed by atoms with Crippen molar-refractivity contribution in [3.8, 4) is 0 Å². The van der Waals surface area contributed by atoms with Gasteiger partial charge in [0.15, 0.2) is 5.17 Å². The molecule has 2 aromatic rings. The minimum atomic E-state index is -0.570. The Kier molecular flexibility index (Phi) is 6.47. The fourth-order valence-electron chi connectivity index (χ4n) is 2.32. The molecule has 1 heterocycles. The minimum Gasteiger partial charge on any atom is -0.325 e. The van der Waals surface area contributed by atoms with E-state index in [-0.39, 0.29) is 18.2 Å². The van der Waals surface area contributed by atoms with E-state index < -0.39 is 5.25 Å². The highest BCUT2D eigenvalue weighted by atomic mass is 79.9. The number of carbonyl (C=O) groups excluding carboxylic acids is 2. The van der Waals surface area contributed by atoms with Crippen LogP contribution in [0.1, 0.15) is 6.42 Å². The Morgan fingerprint density at radius 1 is 1.22 bits per heavy atom. The van der Waals surface area contributed by atoms with E-state index in [1.165, 1.54) is 16.7 Å². The number of thioether (sulfide) groups is 1. The molecule has 1 unspecified atom stereocenters. The predicted molar refractivity (Wildman–Crippen MR) is 115 cm³/mol. The van der Waals surface area contributed by atoms with Gasteiger partial charge in [0, 0.05) is 23.6 Å². The van der Waals surface area contributed by atoms with Gasteiger partial charge in [0.1, 0.15) is 5.25 Å². The first kappa shape index (κ1) is 20.2. The van der Waals surface area contributed by atoms with Gasteiger partial charge in [0.2, 0.25) is 11.8 Å².